The monoisotopic (exact) mass is 260 g/mol. The van der Waals surface area contributed by atoms with E-state index in [9.17, 15) is 18.7 Å². The zero-order valence-electron chi connectivity index (χ0n) is 9.98. The molecule has 0 bridgehead atoms. The van der Waals surface area contributed by atoms with Gasteiger partial charge in [-0.05, 0) is 24.6 Å². The third-order valence-electron chi connectivity index (χ3n) is 2.65. The SMILES string of the molecule is COc1ccc(CC(C)(O)C(F)(F)C(=O)O)cc1. The highest BCUT2D eigenvalue weighted by Gasteiger charge is 2.55. The predicted octanol–water partition coefficient (Wildman–Crippen LogP) is 1.71. The normalized spacial score (nSPS) is 14.9. The number of ether oxygens (including phenoxy) is 1. The first-order chi connectivity index (χ1) is 8.20. The van der Waals surface area contributed by atoms with Crippen molar-refractivity contribution in [3.63, 3.8) is 0 Å². The average molecular weight is 260 g/mol. The number of hydrogen-bond acceptors (Lipinski definition) is 3. The summed E-state index contributed by atoms with van der Waals surface area (Å²) in [4.78, 5) is 10.4. The first-order valence-corrected chi connectivity index (χ1v) is 5.17. The van der Waals surface area contributed by atoms with Crippen LogP contribution in [-0.2, 0) is 11.2 Å². The standard InChI is InChI=1S/C12H14F2O4/c1-11(17,12(13,14)10(15)16)7-8-3-5-9(18-2)6-4-8/h3-6,17H,7H2,1-2H3,(H,15,16). The van der Waals surface area contributed by atoms with E-state index in [0.717, 1.165) is 6.92 Å². The summed E-state index contributed by atoms with van der Waals surface area (Å²) in [6.07, 6.45) is -0.476. The Kier molecular flexibility index (Phi) is 3.91. The molecule has 1 atom stereocenters. The van der Waals surface area contributed by atoms with Gasteiger partial charge in [0.25, 0.3) is 0 Å². The van der Waals surface area contributed by atoms with E-state index in [0.29, 0.717) is 11.3 Å². The lowest BCUT2D eigenvalue weighted by atomic mass is 9.90. The fourth-order valence-electron chi connectivity index (χ4n) is 1.48. The molecule has 18 heavy (non-hydrogen) atoms. The van der Waals surface area contributed by atoms with Crippen molar-refractivity contribution in [1.82, 2.24) is 0 Å². The molecule has 1 aromatic rings. The van der Waals surface area contributed by atoms with Crippen molar-refractivity contribution in [2.45, 2.75) is 24.9 Å². The largest absolute Gasteiger partial charge is 0.497 e. The van der Waals surface area contributed by atoms with Crippen LogP contribution < -0.4 is 4.74 Å². The molecule has 0 aromatic heterocycles. The molecule has 0 aliphatic carbocycles. The molecule has 100 valence electrons. The van der Waals surface area contributed by atoms with E-state index in [4.69, 9.17) is 9.84 Å². The van der Waals surface area contributed by atoms with Crippen LogP contribution in [0.3, 0.4) is 0 Å². The molecule has 0 fully saturated rings. The van der Waals surface area contributed by atoms with E-state index in [1.807, 2.05) is 0 Å². The van der Waals surface area contributed by atoms with E-state index < -0.39 is 23.9 Å². The maximum Gasteiger partial charge on any atom is 0.377 e. The Hall–Kier alpha value is -1.69. The molecular formula is C12H14F2O4. The molecule has 1 rings (SSSR count). The quantitative estimate of drug-likeness (QED) is 0.845. The van der Waals surface area contributed by atoms with Crippen molar-refractivity contribution in [2.75, 3.05) is 7.11 Å². The van der Waals surface area contributed by atoms with Gasteiger partial charge in [0.15, 0.2) is 0 Å². The summed E-state index contributed by atoms with van der Waals surface area (Å²) in [6.45, 7) is 0.797. The van der Waals surface area contributed by atoms with E-state index >= 15 is 0 Å². The van der Waals surface area contributed by atoms with Crippen LogP contribution in [0.1, 0.15) is 12.5 Å². The first-order valence-electron chi connectivity index (χ1n) is 5.17. The summed E-state index contributed by atoms with van der Waals surface area (Å²) in [6, 6.07) is 6.07. The van der Waals surface area contributed by atoms with Crippen LogP contribution in [0, 0.1) is 0 Å². The smallest absolute Gasteiger partial charge is 0.377 e. The number of methoxy groups -OCH3 is 1. The minimum atomic E-state index is -4.22. The molecule has 0 aliphatic heterocycles. The highest BCUT2D eigenvalue weighted by molar-refractivity contribution is 5.77. The minimum Gasteiger partial charge on any atom is -0.497 e. The third kappa shape index (κ3) is 2.76. The van der Waals surface area contributed by atoms with Crippen LogP contribution >= 0.6 is 0 Å². The molecule has 2 N–H and O–H groups in total. The Bertz CT molecular complexity index is 426. The summed E-state index contributed by atoms with van der Waals surface area (Å²) in [5, 5.41) is 18.0. The number of aliphatic hydroxyl groups is 1. The van der Waals surface area contributed by atoms with E-state index in [1.54, 1.807) is 12.1 Å². The van der Waals surface area contributed by atoms with Gasteiger partial charge in [0.1, 0.15) is 11.4 Å². The van der Waals surface area contributed by atoms with Gasteiger partial charge in [0.05, 0.1) is 7.11 Å². The van der Waals surface area contributed by atoms with Gasteiger partial charge < -0.3 is 14.9 Å². The molecular weight excluding hydrogens is 246 g/mol. The second kappa shape index (κ2) is 4.89. The van der Waals surface area contributed by atoms with Gasteiger partial charge in [-0.3, -0.25) is 0 Å². The Morgan fingerprint density at radius 3 is 2.22 bits per heavy atom. The number of halogens is 2. The van der Waals surface area contributed by atoms with Gasteiger partial charge in [-0.25, -0.2) is 4.79 Å². The van der Waals surface area contributed by atoms with Gasteiger partial charge >= 0.3 is 11.9 Å². The Balaban J connectivity index is 2.91. The molecule has 1 unspecified atom stereocenters. The van der Waals surface area contributed by atoms with Crippen molar-refractivity contribution in [1.29, 1.82) is 0 Å². The maximum absolute atomic E-state index is 13.3. The summed E-state index contributed by atoms with van der Waals surface area (Å²) >= 11 is 0. The molecule has 0 spiro atoms. The molecule has 0 saturated heterocycles. The summed E-state index contributed by atoms with van der Waals surface area (Å²) in [5.41, 5.74) is -2.27. The predicted molar refractivity (Wildman–Crippen MR) is 59.9 cm³/mol. The van der Waals surface area contributed by atoms with E-state index in [2.05, 4.69) is 0 Å². The maximum atomic E-state index is 13.3. The first kappa shape index (κ1) is 14.4. The Morgan fingerprint density at radius 2 is 1.83 bits per heavy atom. The lowest BCUT2D eigenvalue weighted by Crippen LogP contribution is -2.52. The van der Waals surface area contributed by atoms with Gasteiger partial charge in [-0.15, -0.1) is 0 Å². The number of carboxylic acid groups (broad SMARTS) is 1. The summed E-state index contributed by atoms with van der Waals surface area (Å²) < 4.78 is 31.5. The third-order valence-corrected chi connectivity index (χ3v) is 2.65. The lowest BCUT2D eigenvalue weighted by molar-refractivity contribution is -0.203. The van der Waals surface area contributed by atoms with Crippen molar-refractivity contribution >= 4 is 5.97 Å². The lowest BCUT2D eigenvalue weighted by Gasteiger charge is -2.29. The fraction of sp³-hybridized carbons (Fsp3) is 0.417. The molecule has 4 nitrogen and oxygen atoms in total. The van der Waals surface area contributed by atoms with E-state index in [1.165, 1.54) is 19.2 Å². The number of aliphatic carboxylic acids is 1. The van der Waals surface area contributed by atoms with E-state index in [-0.39, 0.29) is 0 Å². The number of carboxylic acids is 1. The fourth-order valence-corrected chi connectivity index (χ4v) is 1.48. The zero-order chi connectivity index (χ0) is 14.0. The molecule has 0 radical (unpaired) electrons. The van der Waals surface area contributed by atoms with Crippen LogP contribution in [0.5, 0.6) is 5.75 Å². The second-order valence-electron chi connectivity index (χ2n) is 4.18. The van der Waals surface area contributed by atoms with Crippen LogP contribution in [0.4, 0.5) is 8.78 Å². The van der Waals surface area contributed by atoms with Crippen molar-refractivity contribution in [3.8, 4) is 5.75 Å². The van der Waals surface area contributed by atoms with Crippen molar-refractivity contribution < 1.29 is 28.5 Å². The molecule has 0 amide bonds. The number of benzene rings is 1. The van der Waals surface area contributed by atoms with Gasteiger partial charge in [-0.1, -0.05) is 12.1 Å². The van der Waals surface area contributed by atoms with Crippen LogP contribution in [0.15, 0.2) is 24.3 Å². The molecule has 0 aliphatic rings. The van der Waals surface area contributed by atoms with Crippen LogP contribution in [0.2, 0.25) is 0 Å². The van der Waals surface area contributed by atoms with Gasteiger partial charge in [0, 0.05) is 6.42 Å². The molecule has 0 saturated carbocycles. The highest BCUT2D eigenvalue weighted by atomic mass is 19.3. The average Bonchev–Trinajstić information content (AvgIpc) is 2.29. The molecule has 1 aromatic carbocycles. The molecule has 0 heterocycles. The van der Waals surface area contributed by atoms with Crippen LogP contribution in [-0.4, -0.2) is 34.8 Å². The van der Waals surface area contributed by atoms with Crippen LogP contribution in [0.25, 0.3) is 0 Å². The van der Waals surface area contributed by atoms with Gasteiger partial charge in [-0.2, -0.15) is 8.78 Å². The number of rotatable bonds is 5. The van der Waals surface area contributed by atoms with Crippen molar-refractivity contribution in [3.05, 3.63) is 29.8 Å². The summed E-state index contributed by atoms with van der Waals surface area (Å²) in [7, 11) is 1.46. The number of carbonyl (C=O) groups is 1. The number of alkyl halides is 2. The topological polar surface area (TPSA) is 66.8 Å². The zero-order valence-corrected chi connectivity index (χ0v) is 9.98. The number of hydrogen-bond donors (Lipinski definition) is 2. The van der Waals surface area contributed by atoms with Gasteiger partial charge in [0.2, 0.25) is 0 Å². The summed E-state index contributed by atoms with van der Waals surface area (Å²) in [5.74, 6) is -6.02. The van der Waals surface area contributed by atoms with Crippen molar-refractivity contribution in [2.24, 2.45) is 0 Å². The molecule has 6 heteroatoms. The Morgan fingerprint density at radius 1 is 1.33 bits per heavy atom. The minimum absolute atomic E-state index is 0.390. The second-order valence-corrected chi connectivity index (χ2v) is 4.18. The highest BCUT2D eigenvalue weighted by Crippen LogP contribution is 2.32. The Labute approximate surface area is 103 Å².